The van der Waals surface area contributed by atoms with Crippen LogP contribution in [0.2, 0.25) is 0 Å². The number of hydrogen-bond donors (Lipinski definition) is 1. The van der Waals surface area contributed by atoms with Crippen LogP contribution in [0, 0.1) is 11.3 Å². The van der Waals surface area contributed by atoms with Crippen LogP contribution in [0.3, 0.4) is 0 Å². The molecule has 3 rings (SSSR count). The van der Waals surface area contributed by atoms with Crippen molar-refractivity contribution < 1.29 is 9.47 Å². The Morgan fingerprint density at radius 2 is 1.89 bits per heavy atom. The summed E-state index contributed by atoms with van der Waals surface area (Å²) in [7, 11) is 3.18. The molecule has 5 nitrogen and oxygen atoms in total. The number of nitriles is 1. The first kappa shape index (κ1) is 19.5. The quantitative estimate of drug-likeness (QED) is 0.549. The van der Waals surface area contributed by atoms with Gasteiger partial charge in [0.15, 0.2) is 11.5 Å². The largest absolute Gasteiger partial charge is 0.493 e. The first-order valence-corrected chi connectivity index (χ1v) is 9.70. The number of allylic oxidation sites excluding steroid dienone is 1. The first-order valence-electron chi connectivity index (χ1n) is 8.82. The predicted octanol–water partition coefficient (Wildman–Crippen LogP) is 5.37. The Morgan fingerprint density at radius 1 is 1.14 bits per heavy atom. The summed E-state index contributed by atoms with van der Waals surface area (Å²) in [5.41, 5.74) is 4.46. The average Bonchev–Trinajstić information content (AvgIpc) is 3.24. The highest BCUT2D eigenvalue weighted by Crippen LogP contribution is 2.30. The number of benzene rings is 2. The number of aryl methyl sites for hydroxylation is 1. The van der Waals surface area contributed by atoms with Crippen LogP contribution >= 0.6 is 11.3 Å². The zero-order valence-electron chi connectivity index (χ0n) is 16.0. The van der Waals surface area contributed by atoms with Gasteiger partial charge in [0.25, 0.3) is 0 Å². The molecular formula is C22H21N3O2S. The SMILES string of the molecule is CCc1ccc(-c2csc(/C(C#N)=C/Nc3ccc(OC)c(OC)c3)n2)cc1. The molecule has 1 aromatic heterocycles. The molecule has 3 aromatic rings. The Kier molecular flexibility index (Phi) is 6.30. The number of hydrogen-bond acceptors (Lipinski definition) is 6. The lowest BCUT2D eigenvalue weighted by atomic mass is 10.1. The van der Waals surface area contributed by atoms with Gasteiger partial charge in [0.1, 0.15) is 16.6 Å². The maximum absolute atomic E-state index is 9.55. The highest BCUT2D eigenvalue weighted by molar-refractivity contribution is 7.11. The Hall–Kier alpha value is -3.30. The average molecular weight is 391 g/mol. The van der Waals surface area contributed by atoms with Gasteiger partial charge in [0.2, 0.25) is 0 Å². The zero-order valence-corrected chi connectivity index (χ0v) is 16.8. The van der Waals surface area contributed by atoms with Crippen molar-refractivity contribution in [3.05, 3.63) is 64.6 Å². The van der Waals surface area contributed by atoms with Gasteiger partial charge in [-0.15, -0.1) is 11.3 Å². The molecule has 0 bridgehead atoms. The third kappa shape index (κ3) is 4.33. The van der Waals surface area contributed by atoms with Crippen LogP contribution in [0.1, 0.15) is 17.5 Å². The van der Waals surface area contributed by atoms with Gasteiger partial charge in [-0.3, -0.25) is 0 Å². The summed E-state index contributed by atoms with van der Waals surface area (Å²) >= 11 is 1.45. The number of nitrogens with one attached hydrogen (secondary N) is 1. The van der Waals surface area contributed by atoms with Crippen molar-refractivity contribution in [1.82, 2.24) is 4.98 Å². The molecule has 0 unspecified atom stereocenters. The lowest BCUT2D eigenvalue weighted by Crippen LogP contribution is -1.94. The highest BCUT2D eigenvalue weighted by Gasteiger charge is 2.10. The number of anilines is 1. The normalized spacial score (nSPS) is 11.0. The molecule has 0 radical (unpaired) electrons. The Morgan fingerprint density at radius 3 is 2.54 bits per heavy atom. The van der Waals surface area contributed by atoms with Crippen molar-refractivity contribution in [2.45, 2.75) is 13.3 Å². The number of rotatable bonds is 7. The van der Waals surface area contributed by atoms with Crippen LogP contribution in [-0.4, -0.2) is 19.2 Å². The minimum absolute atomic E-state index is 0.469. The molecule has 0 aliphatic rings. The van der Waals surface area contributed by atoms with Crippen molar-refractivity contribution in [3.63, 3.8) is 0 Å². The topological polar surface area (TPSA) is 67.2 Å². The van der Waals surface area contributed by atoms with Gasteiger partial charge in [-0.2, -0.15) is 5.26 Å². The van der Waals surface area contributed by atoms with Gasteiger partial charge >= 0.3 is 0 Å². The third-order valence-electron chi connectivity index (χ3n) is 4.28. The standard InChI is InChI=1S/C22H21N3O2S/c1-4-15-5-7-16(8-6-15)19-14-28-22(25-19)17(12-23)13-24-18-9-10-20(26-2)21(11-18)27-3/h5-11,13-14,24H,4H2,1-3H3/b17-13+. The van der Waals surface area contributed by atoms with Gasteiger partial charge in [0.05, 0.1) is 19.9 Å². The van der Waals surface area contributed by atoms with E-state index in [4.69, 9.17) is 9.47 Å². The summed E-state index contributed by atoms with van der Waals surface area (Å²) in [5.74, 6) is 1.27. The van der Waals surface area contributed by atoms with Crippen molar-refractivity contribution >= 4 is 22.6 Å². The summed E-state index contributed by atoms with van der Waals surface area (Å²) in [6, 6.07) is 16.0. The van der Waals surface area contributed by atoms with E-state index in [1.54, 1.807) is 20.4 Å². The van der Waals surface area contributed by atoms with E-state index in [1.165, 1.54) is 16.9 Å². The smallest absolute Gasteiger partial charge is 0.162 e. The van der Waals surface area contributed by atoms with Crippen molar-refractivity contribution in [2.24, 2.45) is 0 Å². The third-order valence-corrected chi connectivity index (χ3v) is 5.16. The van der Waals surface area contributed by atoms with Crippen molar-refractivity contribution in [3.8, 4) is 28.8 Å². The monoisotopic (exact) mass is 391 g/mol. The Bertz CT molecular complexity index is 1020. The maximum atomic E-state index is 9.55. The number of thiazole rings is 1. The fourth-order valence-electron chi connectivity index (χ4n) is 2.66. The van der Waals surface area contributed by atoms with Crippen LogP contribution in [0.15, 0.2) is 54.0 Å². The second kappa shape index (κ2) is 9.07. The van der Waals surface area contributed by atoms with E-state index in [2.05, 4.69) is 47.6 Å². The molecule has 1 heterocycles. The lowest BCUT2D eigenvalue weighted by Gasteiger charge is -2.09. The van der Waals surface area contributed by atoms with Crippen LogP contribution < -0.4 is 14.8 Å². The Balaban J connectivity index is 1.80. The Labute approximate surface area is 168 Å². The molecule has 0 amide bonds. The van der Waals surface area contributed by atoms with Gasteiger partial charge in [-0.1, -0.05) is 31.2 Å². The molecule has 0 aliphatic heterocycles. The predicted molar refractivity (Wildman–Crippen MR) is 114 cm³/mol. The molecule has 0 atom stereocenters. The van der Waals surface area contributed by atoms with Crippen LogP contribution in [0.4, 0.5) is 5.69 Å². The van der Waals surface area contributed by atoms with Gasteiger partial charge < -0.3 is 14.8 Å². The first-order chi connectivity index (χ1) is 13.7. The van der Waals surface area contributed by atoms with Crippen LogP contribution in [-0.2, 0) is 6.42 Å². The van der Waals surface area contributed by atoms with Gasteiger partial charge in [-0.25, -0.2) is 4.98 Å². The van der Waals surface area contributed by atoms with E-state index in [1.807, 2.05) is 23.6 Å². The minimum Gasteiger partial charge on any atom is -0.493 e. The molecule has 1 N–H and O–H groups in total. The summed E-state index contributed by atoms with van der Waals surface area (Å²) in [6.45, 7) is 2.13. The lowest BCUT2D eigenvalue weighted by molar-refractivity contribution is 0.355. The van der Waals surface area contributed by atoms with Gasteiger partial charge in [-0.05, 0) is 24.1 Å². The second-order valence-electron chi connectivity index (χ2n) is 5.97. The molecule has 0 spiro atoms. The fourth-order valence-corrected chi connectivity index (χ4v) is 3.46. The van der Waals surface area contributed by atoms with Crippen molar-refractivity contribution in [2.75, 3.05) is 19.5 Å². The van der Waals surface area contributed by atoms with Crippen LogP contribution in [0.5, 0.6) is 11.5 Å². The number of nitrogens with zero attached hydrogens (tertiary/aromatic N) is 2. The molecule has 2 aromatic carbocycles. The van der Waals surface area contributed by atoms with Crippen molar-refractivity contribution in [1.29, 1.82) is 5.26 Å². The molecule has 28 heavy (non-hydrogen) atoms. The van der Waals surface area contributed by atoms with E-state index in [-0.39, 0.29) is 0 Å². The molecule has 142 valence electrons. The highest BCUT2D eigenvalue weighted by atomic mass is 32.1. The molecule has 6 heteroatoms. The van der Waals surface area contributed by atoms with E-state index >= 15 is 0 Å². The molecular weight excluding hydrogens is 370 g/mol. The summed E-state index contributed by atoms with van der Waals surface area (Å²) < 4.78 is 10.5. The van der Waals surface area contributed by atoms with Crippen LogP contribution in [0.25, 0.3) is 16.8 Å². The van der Waals surface area contributed by atoms with E-state index < -0.39 is 0 Å². The molecule has 0 saturated heterocycles. The maximum Gasteiger partial charge on any atom is 0.162 e. The minimum atomic E-state index is 0.469. The summed E-state index contributed by atoms with van der Waals surface area (Å²) in [4.78, 5) is 4.62. The summed E-state index contributed by atoms with van der Waals surface area (Å²) in [6.07, 6.45) is 2.66. The molecule has 0 fully saturated rings. The fraction of sp³-hybridized carbons (Fsp3) is 0.182. The number of ether oxygens (including phenoxy) is 2. The van der Waals surface area contributed by atoms with E-state index in [0.29, 0.717) is 22.1 Å². The van der Waals surface area contributed by atoms with E-state index in [0.717, 1.165) is 23.4 Å². The summed E-state index contributed by atoms with van der Waals surface area (Å²) in [5, 5.41) is 15.3. The number of aromatic nitrogens is 1. The molecule has 0 saturated carbocycles. The van der Waals surface area contributed by atoms with Gasteiger partial charge in [0, 0.05) is 28.9 Å². The second-order valence-corrected chi connectivity index (χ2v) is 6.83. The zero-order chi connectivity index (χ0) is 19.9. The van der Waals surface area contributed by atoms with E-state index in [9.17, 15) is 5.26 Å². The molecule has 0 aliphatic carbocycles. The number of methoxy groups -OCH3 is 2.